The Morgan fingerprint density at radius 1 is 1.11 bits per heavy atom. The van der Waals surface area contributed by atoms with Crippen molar-refractivity contribution in [2.45, 2.75) is 79.2 Å². The minimum absolute atomic E-state index is 0.0901. The van der Waals surface area contributed by atoms with Crippen LogP contribution in [0.1, 0.15) is 73.1 Å². The molecule has 4 fully saturated rings. The van der Waals surface area contributed by atoms with E-state index in [1.54, 1.807) is 0 Å². The fourth-order valence-corrected chi connectivity index (χ4v) is 9.38. The van der Waals surface area contributed by atoms with Crippen molar-refractivity contribution in [3.8, 4) is 0 Å². The van der Waals surface area contributed by atoms with Crippen molar-refractivity contribution in [1.29, 1.82) is 0 Å². The predicted molar refractivity (Wildman–Crippen MR) is 110 cm³/mol. The molecule has 7 atom stereocenters. The van der Waals surface area contributed by atoms with E-state index in [1.165, 1.54) is 32.1 Å². The monoisotopic (exact) mass is 367 g/mol. The molecule has 0 aromatic rings. The van der Waals surface area contributed by atoms with Crippen molar-refractivity contribution in [2.24, 2.45) is 38.9 Å². The minimum Gasteiger partial charge on any atom is -0.313 e. The van der Waals surface area contributed by atoms with Gasteiger partial charge in [-0.15, -0.1) is 0 Å². The molecule has 2 nitrogen and oxygen atoms in total. The van der Waals surface area contributed by atoms with Crippen LogP contribution < -0.4 is 5.32 Å². The molecule has 0 heterocycles. The van der Waals surface area contributed by atoms with Gasteiger partial charge in [-0.1, -0.05) is 45.9 Å². The molecule has 0 aromatic heterocycles. The number of fused-ring (bicyclic) bond motifs is 2. The normalized spacial score (nSPS) is 56.3. The molecule has 0 bridgehead atoms. The van der Waals surface area contributed by atoms with E-state index in [1.807, 2.05) is 0 Å². The van der Waals surface area contributed by atoms with Gasteiger partial charge in [0.1, 0.15) is 0 Å². The average Bonchev–Trinajstić information content (AvgIpc) is 3.21. The quantitative estimate of drug-likeness (QED) is 0.503. The second kappa shape index (κ2) is 4.99. The van der Waals surface area contributed by atoms with Gasteiger partial charge < -0.3 is 5.32 Å². The lowest BCUT2D eigenvalue weighted by Gasteiger charge is -2.61. The summed E-state index contributed by atoms with van der Waals surface area (Å²) in [5, 5.41) is 3.56. The highest BCUT2D eigenvalue weighted by Gasteiger charge is 2.81. The Morgan fingerprint density at radius 3 is 2.48 bits per heavy atom. The van der Waals surface area contributed by atoms with Crippen molar-refractivity contribution in [3.63, 3.8) is 0 Å². The van der Waals surface area contributed by atoms with Crippen LogP contribution in [0.15, 0.2) is 23.8 Å². The van der Waals surface area contributed by atoms with Crippen LogP contribution in [0.3, 0.4) is 0 Å². The third-order valence-corrected chi connectivity index (χ3v) is 10.9. The largest absolute Gasteiger partial charge is 0.313 e. The summed E-state index contributed by atoms with van der Waals surface area (Å²) in [4.78, 5) is 13.0. The van der Waals surface area contributed by atoms with Crippen molar-refractivity contribution in [2.75, 3.05) is 7.05 Å². The molecule has 2 spiro atoms. The van der Waals surface area contributed by atoms with E-state index in [4.69, 9.17) is 0 Å². The molecule has 0 amide bonds. The first-order valence-corrected chi connectivity index (χ1v) is 11.2. The summed E-state index contributed by atoms with van der Waals surface area (Å²) in [7, 11) is 2.11. The lowest BCUT2D eigenvalue weighted by atomic mass is 9.43. The summed E-state index contributed by atoms with van der Waals surface area (Å²) >= 11 is 0. The van der Waals surface area contributed by atoms with Gasteiger partial charge >= 0.3 is 0 Å². The van der Waals surface area contributed by atoms with Crippen LogP contribution in [-0.2, 0) is 4.79 Å². The van der Waals surface area contributed by atoms with E-state index in [-0.39, 0.29) is 10.8 Å². The van der Waals surface area contributed by atoms with E-state index < -0.39 is 0 Å². The molecule has 27 heavy (non-hydrogen) atoms. The number of nitrogens with one attached hydrogen (secondary N) is 1. The zero-order valence-electron chi connectivity index (χ0n) is 18.1. The van der Waals surface area contributed by atoms with Gasteiger partial charge in [0.25, 0.3) is 0 Å². The Balaban J connectivity index is 1.60. The maximum absolute atomic E-state index is 13.0. The van der Waals surface area contributed by atoms with Crippen LogP contribution in [0, 0.1) is 38.9 Å². The Hall–Kier alpha value is -0.890. The van der Waals surface area contributed by atoms with Crippen LogP contribution in [0.5, 0.6) is 0 Å². The zero-order valence-corrected chi connectivity index (χ0v) is 18.1. The summed E-state index contributed by atoms with van der Waals surface area (Å²) < 4.78 is 0. The molecule has 1 N–H and O–H groups in total. The van der Waals surface area contributed by atoms with E-state index in [2.05, 4.69) is 65.2 Å². The molecule has 0 saturated heterocycles. The summed E-state index contributed by atoms with van der Waals surface area (Å²) in [6, 6.07) is 0.481. The van der Waals surface area contributed by atoms with E-state index in [9.17, 15) is 4.79 Å². The highest BCUT2D eigenvalue weighted by Crippen LogP contribution is 2.87. The van der Waals surface area contributed by atoms with Crippen LogP contribution in [0.25, 0.3) is 0 Å². The number of rotatable bonds is 1. The number of allylic oxidation sites excluding steroid dienone is 3. The van der Waals surface area contributed by atoms with Gasteiger partial charge in [0.05, 0.1) is 0 Å². The number of likely N-dealkylation sites (N-methyl/N-ethyl adjacent to an activating group) is 1. The topological polar surface area (TPSA) is 29.1 Å². The standard InChI is InChI=1S/C25H37NO/c1-7-16-17(27)14-23(5)19-9-8-18-21(2,3)20(26-6)10-11-24(18)15-25(19,24)13-12-22(16,23)4/h7,10-11,18-20,26H,8-9,12-15H2,1-6H3. The number of Topliss-reactive ketones (excluding diaryl/α,β-unsaturated/α-hetero) is 1. The second-order valence-corrected chi connectivity index (χ2v) is 11.6. The van der Waals surface area contributed by atoms with Crippen molar-refractivity contribution in [3.05, 3.63) is 23.8 Å². The van der Waals surface area contributed by atoms with Gasteiger partial charge in [-0.25, -0.2) is 0 Å². The Kier molecular flexibility index (Phi) is 3.35. The second-order valence-electron chi connectivity index (χ2n) is 11.6. The number of ketones is 1. The Labute approximate surface area is 165 Å². The van der Waals surface area contributed by atoms with Crippen molar-refractivity contribution < 1.29 is 4.79 Å². The van der Waals surface area contributed by atoms with Gasteiger partial charge in [-0.2, -0.15) is 0 Å². The molecule has 0 radical (unpaired) electrons. The molecular weight excluding hydrogens is 330 g/mol. The minimum atomic E-state index is 0.0901. The highest BCUT2D eigenvalue weighted by molar-refractivity contribution is 6.00. The lowest BCUT2D eigenvalue weighted by Crippen LogP contribution is -2.57. The average molecular weight is 368 g/mol. The summed E-state index contributed by atoms with van der Waals surface area (Å²) in [6.45, 7) is 11.9. The first-order chi connectivity index (χ1) is 12.6. The number of carbonyl (C=O) groups is 1. The first-order valence-electron chi connectivity index (χ1n) is 11.2. The predicted octanol–water partition coefficient (Wildman–Crippen LogP) is 5.30. The third kappa shape index (κ3) is 1.73. The molecule has 5 rings (SSSR count). The SMILES string of the molecule is CC=C1C(=O)CC2(C)C3CCC4C(C)(C)C(NC)C=CC45CC35CCC12C. The number of hydrogen-bond donors (Lipinski definition) is 1. The number of carbonyl (C=O) groups excluding carboxylic acids is 1. The van der Waals surface area contributed by atoms with Crippen LogP contribution in [0.2, 0.25) is 0 Å². The smallest absolute Gasteiger partial charge is 0.159 e. The third-order valence-electron chi connectivity index (χ3n) is 10.9. The Morgan fingerprint density at radius 2 is 1.81 bits per heavy atom. The molecule has 148 valence electrons. The van der Waals surface area contributed by atoms with Gasteiger partial charge in [0.15, 0.2) is 5.78 Å². The van der Waals surface area contributed by atoms with E-state index in [0.717, 1.165) is 17.9 Å². The number of hydrogen-bond acceptors (Lipinski definition) is 2. The van der Waals surface area contributed by atoms with Gasteiger partial charge in [-0.05, 0) is 85.1 Å². The molecule has 4 saturated carbocycles. The van der Waals surface area contributed by atoms with Crippen molar-refractivity contribution >= 4 is 5.78 Å². The van der Waals surface area contributed by atoms with E-state index >= 15 is 0 Å². The fraction of sp³-hybridized carbons (Fsp3) is 0.800. The van der Waals surface area contributed by atoms with Gasteiger partial charge in [0.2, 0.25) is 0 Å². The summed E-state index contributed by atoms with van der Waals surface area (Å²) in [5.41, 5.74) is 2.55. The van der Waals surface area contributed by atoms with Crippen LogP contribution in [-0.4, -0.2) is 18.9 Å². The summed E-state index contributed by atoms with van der Waals surface area (Å²) in [5.74, 6) is 1.91. The van der Waals surface area contributed by atoms with Crippen LogP contribution >= 0.6 is 0 Å². The fourth-order valence-electron chi connectivity index (χ4n) is 9.38. The van der Waals surface area contributed by atoms with Gasteiger partial charge in [0, 0.05) is 17.9 Å². The highest BCUT2D eigenvalue weighted by atomic mass is 16.1. The molecule has 0 aromatic carbocycles. The first kappa shape index (κ1) is 18.2. The lowest BCUT2D eigenvalue weighted by molar-refractivity contribution is -0.119. The molecule has 2 heteroatoms. The van der Waals surface area contributed by atoms with Gasteiger partial charge in [-0.3, -0.25) is 4.79 Å². The molecule has 5 aliphatic carbocycles. The Bertz CT molecular complexity index is 777. The van der Waals surface area contributed by atoms with E-state index in [0.29, 0.717) is 34.0 Å². The molecule has 5 aliphatic rings. The molecule has 7 unspecified atom stereocenters. The molecular formula is C25H37NO. The molecule has 0 aliphatic heterocycles. The van der Waals surface area contributed by atoms with Crippen molar-refractivity contribution in [1.82, 2.24) is 5.32 Å². The maximum Gasteiger partial charge on any atom is 0.159 e. The summed E-state index contributed by atoms with van der Waals surface area (Å²) in [6.07, 6.45) is 14.6. The van der Waals surface area contributed by atoms with Crippen LogP contribution in [0.4, 0.5) is 0 Å². The zero-order chi connectivity index (χ0) is 19.5. The maximum atomic E-state index is 13.0.